The maximum absolute atomic E-state index is 12.9. The lowest BCUT2D eigenvalue weighted by atomic mass is 9.78. The highest BCUT2D eigenvalue weighted by Gasteiger charge is 2.55. The molecule has 2 saturated heterocycles. The molecule has 2 fully saturated rings. The van der Waals surface area contributed by atoms with Crippen LogP contribution in [0.25, 0.3) is 0 Å². The lowest BCUT2D eigenvalue weighted by Crippen LogP contribution is -2.41. The molecule has 1 N–H and O–H groups in total. The fourth-order valence-corrected chi connectivity index (χ4v) is 3.88. The van der Waals surface area contributed by atoms with Crippen molar-refractivity contribution in [1.82, 2.24) is 20.0 Å². The van der Waals surface area contributed by atoms with Crippen LogP contribution in [0.2, 0.25) is 0 Å². The first kappa shape index (κ1) is 17.6. The summed E-state index contributed by atoms with van der Waals surface area (Å²) in [5, 5.41) is 6.50. The van der Waals surface area contributed by atoms with Gasteiger partial charge in [-0.25, -0.2) is 0 Å². The van der Waals surface area contributed by atoms with E-state index in [0.29, 0.717) is 32.8 Å². The number of aromatic nitrogens is 2. The Morgan fingerprint density at radius 3 is 2.88 bits per heavy atom. The second kappa shape index (κ2) is 6.59. The molecule has 1 aromatic heterocycles. The Morgan fingerprint density at radius 2 is 2.24 bits per heavy atom. The molecule has 0 unspecified atom stereocenters. The van der Waals surface area contributed by atoms with E-state index in [4.69, 9.17) is 4.74 Å². The van der Waals surface area contributed by atoms with Crippen LogP contribution in [0.3, 0.4) is 0 Å². The van der Waals surface area contributed by atoms with Crippen molar-refractivity contribution in [2.45, 2.75) is 20.3 Å². The average molecular weight is 348 g/mol. The molecule has 2 aliphatic rings. The van der Waals surface area contributed by atoms with Crippen LogP contribution >= 0.6 is 0 Å². The highest BCUT2D eigenvalue weighted by atomic mass is 16.5. The Kier molecular flexibility index (Phi) is 4.64. The fraction of sp³-hybridized carbons (Fsp3) is 0.647. The molecular weight excluding hydrogens is 324 g/mol. The van der Waals surface area contributed by atoms with Gasteiger partial charge in [-0.1, -0.05) is 6.92 Å². The number of likely N-dealkylation sites (tertiary alicyclic amines) is 2. The lowest BCUT2D eigenvalue weighted by molar-refractivity contribution is -0.137. The molecule has 2 atom stereocenters. The monoisotopic (exact) mass is 348 g/mol. The molecule has 136 valence electrons. The van der Waals surface area contributed by atoms with Crippen molar-refractivity contribution < 1.29 is 19.1 Å². The molecule has 0 saturated carbocycles. The number of H-pyrrole nitrogens is 1. The van der Waals surface area contributed by atoms with Gasteiger partial charge in [-0.05, 0) is 18.4 Å². The van der Waals surface area contributed by atoms with E-state index in [0.717, 1.165) is 6.42 Å². The minimum absolute atomic E-state index is 0.0895. The van der Waals surface area contributed by atoms with E-state index >= 15 is 0 Å². The molecule has 25 heavy (non-hydrogen) atoms. The van der Waals surface area contributed by atoms with Crippen LogP contribution in [-0.4, -0.2) is 77.5 Å². The molecule has 0 aromatic carbocycles. The summed E-state index contributed by atoms with van der Waals surface area (Å²) >= 11 is 0. The van der Waals surface area contributed by atoms with Crippen LogP contribution in [0.15, 0.2) is 6.07 Å². The van der Waals surface area contributed by atoms with Gasteiger partial charge in [0.1, 0.15) is 11.4 Å². The van der Waals surface area contributed by atoms with Crippen molar-refractivity contribution >= 4 is 17.6 Å². The minimum Gasteiger partial charge on any atom is -0.383 e. The van der Waals surface area contributed by atoms with Crippen molar-refractivity contribution in [3.05, 3.63) is 17.5 Å². The highest BCUT2D eigenvalue weighted by Crippen LogP contribution is 2.44. The zero-order valence-corrected chi connectivity index (χ0v) is 14.9. The van der Waals surface area contributed by atoms with Gasteiger partial charge in [0.15, 0.2) is 5.78 Å². The third-order valence-electron chi connectivity index (χ3n) is 5.47. The quantitative estimate of drug-likeness (QED) is 0.785. The number of carbonyl (C=O) groups is 3. The fourth-order valence-electron chi connectivity index (χ4n) is 3.88. The summed E-state index contributed by atoms with van der Waals surface area (Å²) in [6.07, 6.45) is 0.752. The van der Waals surface area contributed by atoms with E-state index in [1.807, 2.05) is 11.8 Å². The first-order valence-electron chi connectivity index (χ1n) is 8.53. The summed E-state index contributed by atoms with van der Waals surface area (Å²) in [7, 11) is 1.62. The number of rotatable bonds is 5. The van der Waals surface area contributed by atoms with Crippen molar-refractivity contribution in [2.24, 2.45) is 11.3 Å². The summed E-state index contributed by atoms with van der Waals surface area (Å²) in [4.78, 5) is 40.5. The molecule has 2 amide bonds. The Labute approximate surface area is 146 Å². The topological polar surface area (TPSA) is 95.6 Å². The molecule has 0 radical (unpaired) electrons. The normalized spacial score (nSPS) is 26.0. The van der Waals surface area contributed by atoms with Crippen molar-refractivity contribution in [3.8, 4) is 0 Å². The van der Waals surface area contributed by atoms with E-state index < -0.39 is 5.41 Å². The zero-order chi connectivity index (χ0) is 18.2. The van der Waals surface area contributed by atoms with Crippen LogP contribution in [0.1, 0.15) is 41.2 Å². The van der Waals surface area contributed by atoms with E-state index in [1.54, 1.807) is 12.0 Å². The number of aromatic amines is 1. The van der Waals surface area contributed by atoms with Crippen molar-refractivity contribution in [3.63, 3.8) is 0 Å². The zero-order valence-electron chi connectivity index (χ0n) is 14.9. The molecule has 3 heterocycles. The van der Waals surface area contributed by atoms with E-state index in [1.165, 1.54) is 13.0 Å². The number of nitrogens with one attached hydrogen (secondary N) is 1. The molecule has 8 nitrogen and oxygen atoms in total. The Morgan fingerprint density at radius 1 is 1.48 bits per heavy atom. The molecule has 1 aromatic rings. The molecule has 1 spiro atoms. The van der Waals surface area contributed by atoms with Crippen LogP contribution in [0.5, 0.6) is 0 Å². The maximum Gasteiger partial charge on any atom is 0.271 e. The van der Waals surface area contributed by atoms with Crippen molar-refractivity contribution in [1.29, 1.82) is 0 Å². The van der Waals surface area contributed by atoms with E-state index in [9.17, 15) is 14.4 Å². The van der Waals surface area contributed by atoms with Crippen LogP contribution < -0.4 is 0 Å². The first-order valence-corrected chi connectivity index (χ1v) is 8.53. The second-order valence-electron chi connectivity index (χ2n) is 7.00. The average Bonchev–Trinajstić information content (AvgIpc) is 3.27. The molecule has 8 heteroatoms. The Bertz CT molecular complexity index is 701. The standard InChI is InChI=1S/C17H24N4O4/c1-11-9-21(15(23)14-8-13(12(2)22)18-19-14)10-17(11)4-5-20(16(17)24)6-7-25-3/h8,11H,4-7,9-10H2,1-3H3,(H,18,19)/t11-,17-/m1/s1. The molecular formula is C17H24N4O4. The third kappa shape index (κ3) is 2.95. The van der Waals surface area contributed by atoms with E-state index in [2.05, 4.69) is 10.2 Å². The van der Waals surface area contributed by atoms with Gasteiger partial charge < -0.3 is 14.5 Å². The van der Waals surface area contributed by atoms with Gasteiger partial charge in [0.25, 0.3) is 5.91 Å². The number of ketones is 1. The lowest BCUT2D eigenvalue weighted by Gasteiger charge is -2.26. The van der Waals surface area contributed by atoms with Gasteiger partial charge in [0.05, 0.1) is 12.0 Å². The summed E-state index contributed by atoms with van der Waals surface area (Å²) in [5.41, 5.74) is 0.0245. The second-order valence-corrected chi connectivity index (χ2v) is 7.00. The number of methoxy groups -OCH3 is 1. The van der Waals surface area contributed by atoms with Crippen LogP contribution in [0, 0.1) is 11.3 Å². The number of hydrogen-bond acceptors (Lipinski definition) is 5. The van der Waals surface area contributed by atoms with E-state index in [-0.39, 0.29) is 34.9 Å². The number of Topliss-reactive ketones (excluding diaryl/α,β-unsaturated/α-hetero) is 1. The number of amides is 2. The molecule has 3 rings (SSSR count). The van der Waals surface area contributed by atoms with Gasteiger partial charge in [-0.3, -0.25) is 19.5 Å². The predicted molar refractivity (Wildman–Crippen MR) is 89.2 cm³/mol. The summed E-state index contributed by atoms with van der Waals surface area (Å²) in [5.74, 6) is -0.207. The first-order chi connectivity index (χ1) is 11.9. The highest BCUT2D eigenvalue weighted by molar-refractivity contribution is 5.98. The minimum atomic E-state index is -0.507. The summed E-state index contributed by atoms with van der Waals surface area (Å²) < 4.78 is 5.07. The van der Waals surface area contributed by atoms with Gasteiger partial charge >= 0.3 is 0 Å². The van der Waals surface area contributed by atoms with Crippen LogP contribution in [0.4, 0.5) is 0 Å². The van der Waals surface area contributed by atoms with Crippen LogP contribution in [-0.2, 0) is 9.53 Å². The predicted octanol–water partition coefficient (Wildman–Crippen LogP) is 0.569. The summed E-state index contributed by atoms with van der Waals surface area (Å²) in [6, 6.07) is 1.47. The van der Waals surface area contributed by atoms with Crippen molar-refractivity contribution in [2.75, 3.05) is 39.9 Å². The maximum atomic E-state index is 12.9. The molecule has 2 aliphatic heterocycles. The SMILES string of the molecule is COCCN1CC[C@]2(CN(C(=O)c3cc(C(C)=O)n[nH]3)C[C@H]2C)C1=O. The summed E-state index contributed by atoms with van der Waals surface area (Å²) in [6.45, 7) is 6.16. The molecule has 0 bridgehead atoms. The van der Waals surface area contributed by atoms with Gasteiger partial charge in [-0.15, -0.1) is 0 Å². The number of ether oxygens (including phenoxy) is 1. The molecule has 0 aliphatic carbocycles. The van der Waals surface area contributed by atoms with Gasteiger partial charge in [-0.2, -0.15) is 5.10 Å². The number of hydrogen-bond donors (Lipinski definition) is 1. The van der Waals surface area contributed by atoms with Gasteiger partial charge in [0, 0.05) is 40.2 Å². The van der Waals surface area contributed by atoms with Gasteiger partial charge in [0.2, 0.25) is 5.91 Å². The third-order valence-corrected chi connectivity index (χ3v) is 5.47. The Balaban J connectivity index is 1.73. The number of nitrogens with zero attached hydrogens (tertiary/aromatic N) is 3. The smallest absolute Gasteiger partial charge is 0.271 e. The number of carbonyl (C=O) groups excluding carboxylic acids is 3. The largest absolute Gasteiger partial charge is 0.383 e. The Hall–Kier alpha value is -2.22.